The summed E-state index contributed by atoms with van der Waals surface area (Å²) in [4.78, 5) is 40.5. The molecular weight excluding hydrogens is 456 g/mol. The van der Waals surface area contributed by atoms with Gasteiger partial charge in [-0.2, -0.15) is 0 Å². The summed E-state index contributed by atoms with van der Waals surface area (Å²) in [6, 6.07) is 13.5. The topological polar surface area (TPSA) is 116 Å². The maximum atomic E-state index is 13.2. The van der Waals surface area contributed by atoms with Gasteiger partial charge in [0.25, 0.3) is 11.2 Å². The van der Waals surface area contributed by atoms with Crippen LogP contribution in [0.4, 0.5) is 5.69 Å². The van der Waals surface area contributed by atoms with Crippen LogP contribution in [0.2, 0.25) is 0 Å². The number of non-ortho nitro benzene ring substituents is 1. The van der Waals surface area contributed by atoms with E-state index >= 15 is 0 Å². The molecule has 10 heteroatoms. The number of hydrogen-bond donors (Lipinski definition) is 1. The van der Waals surface area contributed by atoms with E-state index in [2.05, 4.69) is 10.3 Å². The Morgan fingerprint density at radius 3 is 2.76 bits per heavy atom. The van der Waals surface area contributed by atoms with E-state index in [9.17, 15) is 19.7 Å². The van der Waals surface area contributed by atoms with Gasteiger partial charge in [0.15, 0.2) is 5.16 Å². The minimum absolute atomic E-state index is 0.0345. The van der Waals surface area contributed by atoms with Crippen molar-refractivity contribution in [2.45, 2.75) is 49.2 Å². The summed E-state index contributed by atoms with van der Waals surface area (Å²) in [5.74, 6) is 0.447. The van der Waals surface area contributed by atoms with Crippen LogP contribution in [0.25, 0.3) is 10.9 Å². The molecule has 0 aliphatic carbocycles. The molecule has 34 heavy (non-hydrogen) atoms. The number of carbonyl (C=O) groups excluding carboxylic acids is 1. The van der Waals surface area contributed by atoms with E-state index in [1.807, 2.05) is 6.07 Å². The lowest BCUT2D eigenvalue weighted by Gasteiger charge is -2.14. The maximum Gasteiger partial charge on any atom is 0.269 e. The highest BCUT2D eigenvalue weighted by molar-refractivity contribution is 7.98. The van der Waals surface area contributed by atoms with E-state index < -0.39 is 4.92 Å². The Hall–Kier alpha value is -3.24. The van der Waals surface area contributed by atoms with E-state index in [1.165, 1.54) is 23.9 Å². The molecule has 9 nitrogen and oxygen atoms in total. The molecule has 1 N–H and O–H groups in total. The van der Waals surface area contributed by atoms with Gasteiger partial charge in [-0.25, -0.2) is 4.98 Å². The third-order valence-electron chi connectivity index (χ3n) is 5.68. The Morgan fingerprint density at radius 1 is 1.24 bits per heavy atom. The third kappa shape index (κ3) is 6.00. The second-order valence-corrected chi connectivity index (χ2v) is 9.07. The zero-order valence-electron chi connectivity index (χ0n) is 18.6. The lowest BCUT2D eigenvalue weighted by molar-refractivity contribution is -0.384. The fourth-order valence-corrected chi connectivity index (χ4v) is 4.82. The van der Waals surface area contributed by atoms with E-state index in [0.717, 1.165) is 25.0 Å². The molecule has 0 spiro atoms. The summed E-state index contributed by atoms with van der Waals surface area (Å²) < 4.78 is 7.14. The van der Waals surface area contributed by atoms with Crippen LogP contribution in [0.3, 0.4) is 0 Å². The first-order valence-electron chi connectivity index (χ1n) is 11.3. The molecule has 1 saturated heterocycles. The van der Waals surface area contributed by atoms with Crippen LogP contribution >= 0.6 is 11.8 Å². The van der Waals surface area contributed by atoms with E-state index in [4.69, 9.17) is 4.74 Å². The number of amides is 1. The van der Waals surface area contributed by atoms with Gasteiger partial charge >= 0.3 is 0 Å². The zero-order chi connectivity index (χ0) is 23.9. The summed E-state index contributed by atoms with van der Waals surface area (Å²) in [7, 11) is 0. The first-order chi connectivity index (χ1) is 16.5. The van der Waals surface area contributed by atoms with Gasteiger partial charge in [0.2, 0.25) is 5.91 Å². The zero-order valence-corrected chi connectivity index (χ0v) is 19.5. The number of benzene rings is 2. The Bertz CT molecular complexity index is 1220. The van der Waals surface area contributed by atoms with Gasteiger partial charge in [-0.1, -0.05) is 36.0 Å². The van der Waals surface area contributed by atoms with Crippen LogP contribution in [-0.4, -0.2) is 39.6 Å². The number of rotatable bonds is 10. The molecule has 178 valence electrons. The number of nitrogens with zero attached hydrogens (tertiary/aromatic N) is 3. The summed E-state index contributed by atoms with van der Waals surface area (Å²) in [6.45, 7) is 1.64. The highest BCUT2D eigenvalue weighted by Gasteiger charge is 2.17. The predicted octanol–water partition coefficient (Wildman–Crippen LogP) is 3.67. The molecule has 0 bridgehead atoms. The molecule has 3 aromatic rings. The maximum absolute atomic E-state index is 13.2. The molecule has 1 amide bonds. The van der Waals surface area contributed by atoms with Crippen LogP contribution in [-0.2, 0) is 21.8 Å². The summed E-state index contributed by atoms with van der Waals surface area (Å²) in [5.41, 5.74) is 1.39. The number of fused-ring (bicyclic) bond motifs is 1. The largest absolute Gasteiger partial charge is 0.376 e. The standard InChI is InChI=1S/C24H26N4O5S/c29-22(25-15-19-5-4-14-33-19)8-3-13-27-23(30)20-6-1-2-7-21(20)26-24(27)34-16-17-9-11-18(12-10-17)28(31)32/h1-2,6-7,9-12,19H,3-5,8,13-16H2,(H,25,29)/t19-/m1/s1. The van der Waals surface area contributed by atoms with Gasteiger partial charge in [-0.05, 0) is 37.0 Å². The van der Waals surface area contributed by atoms with Gasteiger partial charge in [-0.15, -0.1) is 0 Å². The molecule has 1 atom stereocenters. The summed E-state index contributed by atoms with van der Waals surface area (Å²) in [5, 5.41) is 14.9. The number of para-hydroxylation sites is 1. The highest BCUT2D eigenvalue weighted by atomic mass is 32.2. The first kappa shape index (κ1) is 23.9. The SMILES string of the molecule is O=C(CCCn1c(SCc2ccc([N+](=O)[O-])cc2)nc2ccccc2c1=O)NC[C@H]1CCCO1. The van der Waals surface area contributed by atoms with Crippen molar-refractivity contribution in [2.75, 3.05) is 13.2 Å². The van der Waals surface area contributed by atoms with Gasteiger partial charge < -0.3 is 10.1 Å². The quantitative estimate of drug-likeness (QED) is 0.203. The van der Waals surface area contributed by atoms with Gasteiger partial charge in [0, 0.05) is 44.0 Å². The van der Waals surface area contributed by atoms with Crippen molar-refractivity contribution in [1.29, 1.82) is 0 Å². The lowest BCUT2D eigenvalue weighted by atomic mass is 10.2. The molecule has 1 fully saturated rings. The molecule has 0 unspecified atom stereocenters. The van der Waals surface area contributed by atoms with Crippen molar-refractivity contribution in [3.8, 4) is 0 Å². The van der Waals surface area contributed by atoms with E-state index in [0.29, 0.717) is 47.7 Å². The van der Waals surface area contributed by atoms with Crippen molar-refractivity contribution in [1.82, 2.24) is 14.9 Å². The number of nitro benzene ring substituents is 1. The van der Waals surface area contributed by atoms with Gasteiger partial charge in [0.1, 0.15) is 0 Å². The Morgan fingerprint density at radius 2 is 2.03 bits per heavy atom. The number of thioether (sulfide) groups is 1. The van der Waals surface area contributed by atoms with Crippen molar-refractivity contribution in [2.24, 2.45) is 0 Å². The smallest absolute Gasteiger partial charge is 0.269 e. The van der Waals surface area contributed by atoms with E-state index in [1.54, 1.807) is 34.9 Å². The molecule has 0 saturated carbocycles. The second-order valence-electron chi connectivity index (χ2n) is 8.12. The van der Waals surface area contributed by atoms with Crippen molar-refractivity contribution in [3.63, 3.8) is 0 Å². The second kappa shape index (κ2) is 11.3. The van der Waals surface area contributed by atoms with Crippen LogP contribution in [0, 0.1) is 10.1 Å². The predicted molar refractivity (Wildman–Crippen MR) is 130 cm³/mol. The molecule has 0 radical (unpaired) electrons. The summed E-state index contributed by atoms with van der Waals surface area (Å²) in [6.07, 6.45) is 2.89. The number of carbonyl (C=O) groups is 1. The molecule has 1 aromatic heterocycles. The van der Waals surface area contributed by atoms with Crippen LogP contribution in [0.1, 0.15) is 31.2 Å². The molecule has 1 aliphatic heterocycles. The molecule has 2 aromatic carbocycles. The molecule has 2 heterocycles. The molecule has 4 rings (SSSR count). The van der Waals surface area contributed by atoms with Crippen LogP contribution in [0.15, 0.2) is 58.5 Å². The number of aromatic nitrogens is 2. The Labute approximate surface area is 200 Å². The number of hydrogen-bond acceptors (Lipinski definition) is 7. The van der Waals surface area contributed by atoms with Crippen LogP contribution in [0.5, 0.6) is 0 Å². The monoisotopic (exact) mass is 482 g/mol. The lowest BCUT2D eigenvalue weighted by Crippen LogP contribution is -2.32. The normalized spacial score (nSPS) is 15.5. The van der Waals surface area contributed by atoms with Gasteiger partial charge in [-0.3, -0.25) is 24.3 Å². The Kier molecular flexibility index (Phi) is 7.91. The highest BCUT2D eigenvalue weighted by Crippen LogP contribution is 2.24. The summed E-state index contributed by atoms with van der Waals surface area (Å²) >= 11 is 1.39. The number of ether oxygens (including phenoxy) is 1. The number of nitrogens with one attached hydrogen (secondary N) is 1. The van der Waals surface area contributed by atoms with Crippen LogP contribution < -0.4 is 10.9 Å². The minimum Gasteiger partial charge on any atom is -0.376 e. The van der Waals surface area contributed by atoms with Crippen molar-refractivity contribution in [3.05, 3.63) is 74.6 Å². The average molecular weight is 483 g/mol. The van der Waals surface area contributed by atoms with E-state index in [-0.39, 0.29) is 23.3 Å². The first-order valence-corrected chi connectivity index (χ1v) is 12.2. The molecular formula is C24H26N4O5S. The fraction of sp³-hybridized carbons (Fsp3) is 0.375. The molecule has 1 aliphatic rings. The van der Waals surface area contributed by atoms with Crippen molar-refractivity contribution < 1.29 is 14.5 Å². The van der Waals surface area contributed by atoms with Gasteiger partial charge in [0.05, 0.1) is 21.9 Å². The third-order valence-corrected chi connectivity index (χ3v) is 6.73. The average Bonchev–Trinajstić information content (AvgIpc) is 3.37. The van der Waals surface area contributed by atoms with Crippen molar-refractivity contribution >= 4 is 34.3 Å². The Balaban J connectivity index is 1.44. The number of nitro groups is 1. The minimum atomic E-state index is -0.434. The fourth-order valence-electron chi connectivity index (χ4n) is 3.84.